The van der Waals surface area contributed by atoms with Crippen molar-refractivity contribution in [3.63, 3.8) is 0 Å². The van der Waals surface area contributed by atoms with Gasteiger partial charge in [-0.15, -0.1) is 0 Å². The summed E-state index contributed by atoms with van der Waals surface area (Å²) < 4.78 is 20.5. The number of fused-ring (bicyclic) bond motifs is 4. The van der Waals surface area contributed by atoms with E-state index in [-0.39, 0.29) is 47.5 Å². The number of rotatable bonds is 14. The highest BCUT2D eigenvalue weighted by Gasteiger charge is 2.54. The number of hydrogen-bond donors (Lipinski definition) is 4. The predicted octanol–water partition coefficient (Wildman–Crippen LogP) is 7.06. The van der Waals surface area contributed by atoms with Crippen LogP contribution in [0.2, 0.25) is 0 Å². The van der Waals surface area contributed by atoms with Gasteiger partial charge in [0.05, 0.1) is 26.4 Å². The number of methoxy groups -OCH3 is 4. The number of piperidine rings is 2. The van der Waals surface area contributed by atoms with Gasteiger partial charge >= 0.3 is 12.2 Å². The molecule has 0 radical (unpaired) electrons. The summed E-state index contributed by atoms with van der Waals surface area (Å²) in [6, 6.07) is 25.8. The van der Waals surface area contributed by atoms with Gasteiger partial charge in [0.2, 0.25) is 23.6 Å². The van der Waals surface area contributed by atoms with Gasteiger partial charge < -0.3 is 50.0 Å². The maximum Gasteiger partial charge on any atom is 0.407 e. The summed E-state index contributed by atoms with van der Waals surface area (Å²) in [6.45, 7) is 3.41. The summed E-state index contributed by atoms with van der Waals surface area (Å²) in [5.41, 5.74) is 10.5. The van der Waals surface area contributed by atoms with Crippen LogP contribution < -0.4 is 21.3 Å². The van der Waals surface area contributed by atoms with Crippen LogP contribution in [0.3, 0.4) is 0 Å². The summed E-state index contributed by atoms with van der Waals surface area (Å²) in [7, 11) is 5.43. The molecular formula is C56H66N6O10. The quantitative estimate of drug-likeness (QED) is 0.102. The normalized spacial score (nSPS) is 23.3. The Hall–Kier alpha value is -6.78. The molecule has 2 saturated carbocycles. The molecule has 2 aliphatic heterocycles. The van der Waals surface area contributed by atoms with Crippen LogP contribution in [0.5, 0.6) is 0 Å². The van der Waals surface area contributed by atoms with Crippen LogP contribution in [0.1, 0.15) is 74.6 Å². The summed E-state index contributed by atoms with van der Waals surface area (Å²) in [5.74, 6) is -1.16. The lowest BCUT2D eigenvalue weighted by molar-refractivity contribution is -0.145. The zero-order valence-electron chi connectivity index (χ0n) is 41.9. The van der Waals surface area contributed by atoms with Crippen molar-refractivity contribution in [3.05, 3.63) is 107 Å². The fraction of sp³-hybridized carbons (Fsp3) is 0.464. The highest BCUT2D eigenvalue weighted by molar-refractivity contribution is 6.01. The molecule has 0 aromatic heterocycles. The van der Waals surface area contributed by atoms with E-state index in [9.17, 15) is 28.8 Å². The zero-order valence-corrected chi connectivity index (χ0v) is 41.9. The summed E-state index contributed by atoms with van der Waals surface area (Å²) >= 11 is 0. The minimum absolute atomic E-state index is 0.0225. The summed E-state index contributed by atoms with van der Waals surface area (Å²) in [4.78, 5) is 83.8. The smallest absolute Gasteiger partial charge is 0.407 e. The van der Waals surface area contributed by atoms with Crippen molar-refractivity contribution in [2.24, 2.45) is 11.8 Å². The molecule has 8 bridgehead atoms. The van der Waals surface area contributed by atoms with Crippen LogP contribution in [0, 0.1) is 11.8 Å². The molecule has 12 rings (SSSR count). The van der Waals surface area contributed by atoms with Crippen molar-refractivity contribution >= 4 is 47.2 Å². The third-order valence-electron chi connectivity index (χ3n) is 16.0. The topological polar surface area (TPSA) is 194 Å². The number of alkyl carbamates (subject to hydrolysis) is 2. The molecule has 72 heavy (non-hydrogen) atoms. The van der Waals surface area contributed by atoms with Crippen LogP contribution in [-0.2, 0) is 63.8 Å². The van der Waals surface area contributed by atoms with Crippen LogP contribution in [0.15, 0.2) is 84.9 Å². The van der Waals surface area contributed by atoms with Gasteiger partial charge in [-0.1, -0.05) is 60.7 Å². The molecular weight excluding hydrogens is 917 g/mol. The van der Waals surface area contributed by atoms with E-state index in [0.29, 0.717) is 11.4 Å². The molecule has 6 amide bonds. The predicted molar refractivity (Wildman–Crippen MR) is 271 cm³/mol. The molecule has 4 N–H and O–H groups in total. The summed E-state index contributed by atoms with van der Waals surface area (Å²) in [6.07, 6.45) is 5.28. The summed E-state index contributed by atoms with van der Waals surface area (Å²) in [5, 5.41) is 11.4. The van der Waals surface area contributed by atoms with Gasteiger partial charge in [-0.25, -0.2) is 9.59 Å². The number of anilines is 2. The van der Waals surface area contributed by atoms with Crippen molar-refractivity contribution in [1.29, 1.82) is 0 Å². The minimum atomic E-state index is -1.00. The Labute approximate surface area is 420 Å². The number of likely N-dealkylation sites (tertiary alicyclic amines) is 2. The third kappa shape index (κ3) is 10.2. The Balaban J connectivity index is 0.862. The molecule has 2 heterocycles. The lowest BCUT2D eigenvalue weighted by Crippen LogP contribution is -2.60. The van der Waals surface area contributed by atoms with Crippen molar-refractivity contribution in [1.82, 2.24) is 20.4 Å². The maximum atomic E-state index is 14.0. The van der Waals surface area contributed by atoms with Crippen molar-refractivity contribution in [3.8, 4) is 22.3 Å². The van der Waals surface area contributed by atoms with E-state index in [1.165, 1.54) is 50.7 Å². The molecule has 16 heteroatoms. The molecule has 16 nitrogen and oxygen atoms in total. The lowest BCUT2D eigenvalue weighted by atomic mass is 9.87. The Bertz CT molecular complexity index is 2510. The fourth-order valence-electron chi connectivity index (χ4n) is 12.0. The van der Waals surface area contributed by atoms with Crippen LogP contribution in [0.25, 0.3) is 22.3 Å². The number of carbonyl (C=O) groups is 6. The second-order valence-corrected chi connectivity index (χ2v) is 20.1. The number of aryl methyl sites for hydroxylation is 4. The molecule has 0 spiro atoms. The largest absolute Gasteiger partial charge is 0.453 e. The number of nitrogens with one attached hydrogen (secondary N) is 4. The van der Waals surface area contributed by atoms with Crippen molar-refractivity contribution in [2.45, 2.75) is 127 Å². The monoisotopic (exact) mass is 982 g/mol. The first-order valence-corrected chi connectivity index (χ1v) is 25.2. The van der Waals surface area contributed by atoms with Crippen LogP contribution in [-0.4, -0.2) is 123 Å². The third-order valence-corrected chi connectivity index (χ3v) is 16.0. The Kier molecular flexibility index (Phi) is 15.0. The molecule has 1 unspecified atom stereocenters. The minimum Gasteiger partial charge on any atom is -0.453 e. The highest BCUT2D eigenvalue weighted by Crippen LogP contribution is 2.45. The molecule has 2 saturated heterocycles. The van der Waals surface area contributed by atoms with Gasteiger partial charge in [0.1, 0.15) is 24.2 Å². The molecule has 8 aliphatic rings. The van der Waals surface area contributed by atoms with E-state index in [1.807, 2.05) is 48.5 Å². The van der Waals surface area contributed by atoms with Crippen LogP contribution >= 0.6 is 0 Å². The van der Waals surface area contributed by atoms with Crippen molar-refractivity contribution in [2.75, 3.05) is 39.1 Å². The van der Waals surface area contributed by atoms with Gasteiger partial charge in [-0.2, -0.15) is 0 Å². The number of benzene rings is 4. The number of nitrogens with zero attached hydrogens (tertiary/aromatic N) is 2. The van der Waals surface area contributed by atoms with Gasteiger partial charge in [0, 0.05) is 37.7 Å². The number of amides is 6. The molecule has 4 aromatic carbocycles. The fourth-order valence-corrected chi connectivity index (χ4v) is 12.0. The van der Waals surface area contributed by atoms with E-state index in [0.717, 1.165) is 86.5 Å². The first-order valence-electron chi connectivity index (χ1n) is 25.2. The van der Waals surface area contributed by atoms with Gasteiger partial charge in [0.15, 0.2) is 0 Å². The van der Waals surface area contributed by atoms with Gasteiger partial charge in [0.25, 0.3) is 0 Å². The van der Waals surface area contributed by atoms with E-state index < -0.39 is 48.6 Å². The number of carbonyl (C=O) groups excluding carboxylic acids is 6. The molecule has 380 valence electrons. The average Bonchev–Trinajstić information content (AvgIpc) is 4.23. The average molecular weight is 983 g/mol. The Morgan fingerprint density at radius 1 is 0.514 bits per heavy atom. The molecule has 10 atom stereocenters. The molecule has 4 aromatic rings. The first-order chi connectivity index (χ1) is 34.8. The van der Waals surface area contributed by atoms with E-state index in [4.69, 9.17) is 18.9 Å². The number of ether oxygens (including phenoxy) is 4. The van der Waals surface area contributed by atoms with Crippen LogP contribution in [0.4, 0.5) is 21.0 Å². The first kappa shape index (κ1) is 50.2. The van der Waals surface area contributed by atoms with Gasteiger partial charge in [-0.3, -0.25) is 19.2 Å². The van der Waals surface area contributed by atoms with E-state index in [1.54, 1.807) is 23.6 Å². The number of hydrogen-bond acceptors (Lipinski definition) is 10. The second kappa shape index (κ2) is 21.5. The Morgan fingerprint density at radius 2 is 0.903 bits per heavy atom. The van der Waals surface area contributed by atoms with E-state index >= 15 is 0 Å². The van der Waals surface area contributed by atoms with Gasteiger partial charge in [-0.05, 0) is 159 Å². The standard InChI is InChI=1S/C56H66N6O10/c1-31(69-3)47(59-55(67)71-5)53(65)61-43-25-19-39(29-43)49(61)51(63)57-41-21-15-37(16-22-41)45-27-33-7-11-35(45)13-9-34-8-12-36(14-10-33)46(28-34)38-17-23-42(24-18-38)58-52(64)50-40-20-26-44(30-40)62(50)54(66)48(32(2)70-4)60-56(68)72-6/h7-8,11-12,15-18,21-24,27-28,31-32,39-40,43-44,47-50H,9-10,13-14,19-20,25-26,29-30H2,1-6H3,(H,57,63)(H,58,64)(H,59,67)(H,60,68)/t31-,32+,39-,40-,43+,44+,47?,48-,49-,50-/m0/s1. The molecule has 4 fully saturated rings. The van der Waals surface area contributed by atoms with Crippen molar-refractivity contribution < 1.29 is 47.7 Å². The van der Waals surface area contributed by atoms with E-state index in [2.05, 4.69) is 57.7 Å². The SMILES string of the molecule is COC(=O)NC(C(=O)N1[C@@H]2CC[C@@H](C2)[C@H]1C(=O)Nc1ccc(-c2cc3ccc2CCc2ccc(c(-c4ccc(NC(=O)[C@@H]5[C@H]6CC[C@H](C6)N5C(=O)[C@@H](NC(=O)OC)[C@@H](C)OC)cc4)c2)CC3)cc1)[C@H](C)OC. The zero-order chi connectivity index (χ0) is 50.8. The second-order valence-electron chi connectivity index (χ2n) is 20.1. The lowest BCUT2D eigenvalue weighted by Gasteiger charge is -2.37. The maximum absolute atomic E-state index is 14.0. The highest BCUT2D eigenvalue weighted by atomic mass is 16.5. The molecule has 6 aliphatic carbocycles. The Morgan fingerprint density at radius 3 is 1.26 bits per heavy atom.